The summed E-state index contributed by atoms with van der Waals surface area (Å²) in [6, 6.07) is 3.93. The summed E-state index contributed by atoms with van der Waals surface area (Å²) in [7, 11) is 0. The Kier molecular flexibility index (Phi) is 2.27. The van der Waals surface area contributed by atoms with Crippen LogP contribution in [0, 0.1) is 6.20 Å². The van der Waals surface area contributed by atoms with Crippen molar-refractivity contribution in [1.29, 1.82) is 0 Å². The topological polar surface area (TPSA) is 12.9 Å². The fraction of sp³-hybridized carbons (Fsp3) is 0.167. The Morgan fingerprint density at radius 1 is 1.75 bits per heavy atom. The van der Waals surface area contributed by atoms with Crippen LogP contribution in [-0.2, 0) is 4.43 Å². The molecule has 0 aliphatic rings. The Morgan fingerprint density at radius 3 is 3.00 bits per heavy atom. The summed E-state index contributed by atoms with van der Waals surface area (Å²) in [5.41, 5.74) is 1.16. The molecule has 0 aliphatic carbocycles. The lowest BCUT2D eigenvalue weighted by atomic mass is 10.3. The minimum Gasteiger partial charge on any atom is -0.254 e. The smallest absolute Gasteiger partial charge is 0.0928 e. The van der Waals surface area contributed by atoms with Gasteiger partial charge in [0, 0.05) is 10.6 Å². The highest BCUT2D eigenvalue weighted by Crippen LogP contribution is 2.00. The van der Waals surface area contributed by atoms with Crippen LogP contribution in [0.4, 0.5) is 0 Å². The molecular formula is C6H5IN. The molecule has 0 fully saturated rings. The third-order valence-electron chi connectivity index (χ3n) is 0.810. The Balaban J connectivity index is 2.83. The minimum absolute atomic E-state index is 0.992. The van der Waals surface area contributed by atoms with E-state index < -0.39 is 0 Å². The maximum atomic E-state index is 3.83. The number of rotatable bonds is 1. The number of aromatic nitrogens is 1. The van der Waals surface area contributed by atoms with Crippen molar-refractivity contribution in [3.63, 3.8) is 0 Å². The summed E-state index contributed by atoms with van der Waals surface area (Å²) in [4.78, 5) is 3.83. The molecule has 0 N–H and O–H groups in total. The lowest BCUT2D eigenvalue weighted by Gasteiger charge is -1.86. The van der Waals surface area contributed by atoms with Gasteiger partial charge in [0.15, 0.2) is 0 Å². The molecule has 0 aliphatic heterocycles. The predicted molar refractivity (Wildman–Crippen MR) is 40.8 cm³/mol. The van der Waals surface area contributed by atoms with E-state index in [0.717, 1.165) is 9.99 Å². The van der Waals surface area contributed by atoms with E-state index in [1.807, 2.05) is 12.1 Å². The molecular weight excluding hydrogens is 213 g/mol. The van der Waals surface area contributed by atoms with Gasteiger partial charge in [-0.1, -0.05) is 28.7 Å². The Hall–Kier alpha value is -0.120. The van der Waals surface area contributed by atoms with Crippen molar-refractivity contribution in [2.75, 3.05) is 0 Å². The second-order valence-corrected chi connectivity index (χ2v) is 2.17. The summed E-state index contributed by atoms with van der Waals surface area (Å²) < 4.78 is 0.992. The van der Waals surface area contributed by atoms with E-state index in [-0.39, 0.29) is 0 Å². The third-order valence-corrected chi connectivity index (χ3v) is 1.63. The first kappa shape index (κ1) is 6.01. The number of alkyl halides is 1. The van der Waals surface area contributed by atoms with Crippen LogP contribution >= 0.6 is 22.6 Å². The van der Waals surface area contributed by atoms with Gasteiger partial charge in [-0.15, -0.1) is 0 Å². The molecule has 0 saturated heterocycles. The van der Waals surface area contributed by atoms with Crippen LogP contribution in [0.5, 0.6) is 0 Å². The number of hydrogen-bond donors (Lipinski definition) is 0. The first-order valence-electron chi connectivity index (χ1n) is 2.31. The highest BCUT2D eigenvalue weighted by Gasteiger charge is 1.83. The van der Waals surface area contributed by atoms with Crippen LogP contribution < -0.4 is 0 Å². The molecule has 0 unspecified atom stereocenters. The molecule has 2 heteroatoms. The van der Waals surface area contributed by atoms with Crippen molar-refractivity contribution in [3.8, 4) is 0 Å². The van der Waals surface area contributed by atoms with Crippen molar-refractivity contribution in [3.05, 3.63) is 30.1 Å². The largest absolute Gasteiger partial charge is 0.254 e. The molecule has 0 aromatic carbocycles. The maximum Gasteiger partial charge on any atom is 0.0928 e. The van der Waals surface area contributed by atoms with E-state index in [0.29, 0.717) is 0 Å². The van der Waals surface area contributed by atoms with E-state index in [2.05, 4.69) is 33.8 Å². The van der Waals surface area contributed by atoms with Gasteiger partial charge < -0.3 is 0 Å². The molecule has 0 saturated carbocycles. The van der Waals surface area contributed by atoms with Crippen LogP contribution in [0.15, 0.2) is 18.3 Å². The zero-order valence-corrected chi connectivity index (χ0v) is 6.42. The summed E-state index contributed by atoms with van der Waals surface area (Å²) in [6.45, 7) is 0. The monoisotopic (exact) mass is 218 g/mol. The van der Waals surface area contributed by atoms with E-state index in [1.54, 1.807) is 6.20 Å². The van der Waals surface area contributed by atoms with Gasteiger partial charge in [-0.2, -0.15) is 0 Å². The first-order valence-corrected chi connectivity index (χ1v) is 3.83. The number of pyridine rings is 1. The SMILES string of the molecule is ICc1[c]nccc1. The van der Waals surface area contributed by atoms with Gasteiger partial charge in [0.25, 0.3) is 0 Å². The van der Waals surface area contributed by atoms with Gasteiger partial charge in [0.2, 0.25) is 0 Å². The average Bonchev–Trinajstić information content (AvgIpc) is 1.90. The third kappa shape index (κ3) is 1.43. The zero-order valence-electron chi connectivity index (χ0n) is 4.26. The number of halogens is 1. The molecule has 0 spiro atoms. The summed E-state index contributed by atoms with van der Waals surface area (Å²) >= 11 is 2.28. The van der Waals surface area contributed by atoms with Gasteiger partial charge in [0.05, 0.1) is 6.20 Å². The molecule has 1 rings (SSSR count). The second kappa shape index (κ2) is 3.02. The van der Waals surface area contributed by atoms with Crippen molar-refractivity contribution in [2.45, 2.75) is 4.43 Å². The summed E-state index contributed by atoms with van der Waals surface area (Å²) in [5.74, 6) is 0. The highest BCUT2D eigenvalue weighted by atomic mass is 127. The molecule has 0 atom stereocenters. The van der Waals surface area contributed by atoms with Crippen LogP contribution in [0.1, 0.15) is 5.56 Å². The van der Waals surface area contributed by atoms with E-state index in [9.17, 15) is 0 Å². The molecule has 1 aromatic rings. The maximum absolute atomic E-state index is 3.83. The van der Waals surface area contributed by atoms with E-state index >= 15 is 0 Å². The summed E-state index contributed by atoms with van der Waals surface area (Å²) in [6.07, 6.45) is 4.59. The normalized spacial score (nSPS) is 9.12. The van der Waals surface area contributed by atoms with Gasteiger partial charge in [0.1, 0.15) is 0 Å². The van der Waals surface area contributed by atoms with Crippen molar-refractivity contribution in [1.82, 2.24) is 4.98 Å². The fourth-order valence-electron chi connectivity index (χ4n) is 0.434. The van der Waals surface area contributed by atoms with E-state index in [1.165, 1.54) is 0 Å². The van der Waals surface area contributed by atoms with Crippen molar-refractivity contribution in [2.24, 2.45) is 0 Å². The molecule has 8 heavy (non-hydrogen) atoms. The Morgan fingerprint density at radius 2 is 2.62 bits per heavy atom. The molecule has 1 heterocycles. The van der Waals surface area contributed by atoms with Gasteiger partial charge in [-0.3, -0.25) is 4.98 Å². The van der Waals surface area contributed by atoms with Gasteiger partial charge in [-0.25, -0.2) is 0 Å². The average molecular weight is 218 g/mol. The quantitative estimate of drug-likeness (QED) is 0.517. The molecule has 1 radical (unpaired) electrons. The van der Waals surface area contributed by atoms with Crippen LogP contribution in [0.3, 0.4) is 0 Å². The fourth-order valence-corrected chi connectivity index (χ4v) is 0.859. The van der Waals surface area contributed by atoms with Crippen LogP contribution in [-0.4, -0.2) is 4.98 Å². The molecule has 41 valence electrons. The molecule has 1 nitrogen and oxygen atoms in total. The molecule has 0 bridgehead atoms. The molecule has 0 amide bonds. The predicted octanol–water partition coefficient (Wildman–Crippen LogP) is 1.82. The van der Waals surface area contributed by atoms with Crippen LogP contribution in [0.2, 0.25) is 0 Å². The highest BCUT2D eigenvalue weighted by molar-refractivity contribution is 14.1. The van der Waals surface area contributed by atoms with Crippen molar-refractivity contribution < 1.29 is 0 Å². The lowest BCUT2D eigenvalue weighted by Crippen LogP contribution is -1.76. The summed E-state index contributed by atoms with van der Waals surface area (Å²) in [5, 5.41) is 0. The Labute approximate surface area is 62.3 Å². The zero-order chi connectivity index (χ0) is 5.82. The number of hydrogen-bond acceptors (Lipinski definition) is 1. The first-order chi connectivity index (χ1) is 3.93. The minimum atomic E-state index is 0.992. The number of nitrogens with zero attached hydrogens (tertiary/aromatic N) is 1. The van der Waals surface area contributed by atoms with Gasteiger partial charge in [-0.05, 0) is 11.6 Å². The Bertz CT molecular complexity index is 150. The molecule has 1 aromatic heterocycles. The standard InChI is InChI=1S/C6H5IN/c7-4-6-2-1-3-8-5-6/h1-3H,4H2. The van der Waals surface area contributed by atoms with Gasteiger partial charge >= 0.3 is 0 Å². The second-order valence-electron chi connectivity index (χ2n) is 1.41. The van der Waals surface area contributed by atoms with Crippen molar-refractivity contribution >= 4 is 22.6 Å². The van der Waals surface area contributed by atoms with E-state index in [4.69, 9.17) is 0 Å². The lowest BCUT2D eigenvalue weighted by molar-refractivity contribution is 1.25. The van der Waals surface area contributed by atoms with Crippen LogP contribution in [0.25, 0.3) is 0 Å².